The van der Waals surface area contributed by atoms with E-state index in [1.807, 2.05) is 67.3 Å². The van der Waals surface area contributed by atoms with Crippen molar-refractivity contribution in [3.05, 3.63) is 54.1 Å². The lowest BCUT2D eigenvalue weighted by molar-refractivity contribution is 0.0981. The molecule has 2 heterocycles. The first-order valence-corrected chi connectivity index (χ1v) is 7.62. The second kappa shape index (κ2) is 5.05. The summed E-state index contributed by atoms with van der Waals surface area (Å²) >= 11 is 0. The molecule has 1 amide bonds. The number of hydrogen-bond donors (Lipinski definition) is 1. The predicted molar refractivity (Wildman–Crippen MR) is 89.2 cm³/mol. The smallest absolute Gasteiger partial charge is 0.259 e. The Bertz CT molecular complexity index is 897. The molecule has 2 aromatic carbocycles. The molecule has 5 nitrogen and oxygen atoms in total. The zero-order valence-electron chi connectivity index (χ0n) is 12.9. The van der Waals surface area contributed by atoms with Crippen LogP contribution in [-0.2, 0) is 0 Å². The van der Waals surface area contributed by atoms with Gasteiger partial charge in [0, 0.05) is 22.7 Å². The zero-order chi connectivity index (χ0) is 16.0. The molecule has 4 rings (SSSR count). The number of fused-ring (bicyclic) bond motifs is 5. The number of carbonyl (C=O) groups excluding carboxylic acids is 1. The Morgan fingerprint density at radius 2 is 1.61 bits per heavy atom. The molecular formula is C18H16N4O. The van der Waals surface area contributed by atoms with Crippen LogP contribution in [0.1, 0.15) is 24.2 Å². The van der Waals surface area contributed by atoms with Gasteiger partial charge in [-0.3, -0.25) is 9.89 Å². The molecule has 0 bridgehead atoms. The SMILES string of the molecule is CC(C)N1C(=O)c2ccccc2-c2[nH]nnc2-c2ccccc21. The number of nitrogens with zero attached hydrogens (tertiary/aromatic N) is 3. The first-order valence-electron chi connectivity index (χ1n) is 7.62. The normalized spacial score (nSPS) is 13.2. The quantitative estimate of drug-likeness (QED) is 0.748. The summed E-state index contributed by atoms with van der Waals surface area (Å²) in [6, 6.07) is 15.4. The predicted octanol–water partition coefficient (Wildman–Crippen LogP) is 3.51. The molecule has 0 saturated carbocycles. The van der Waals surface area contributed by atoms with Crippen molar-refractivity contribution in [3.63, 3.8) is 0 Å². The summed E-state index contributed by atoms with van der Waals surface area (Å²) in [5.74, 6) is -0.0108. The Balaban J connectivity index is 2.12. The maximum absolute atomic E-state index is 13.2. The summed E-state index contributed by atoms with van der Waals surface area (Å²) in [5.41, 5.74) is 4.81. The van der Waals surface area contributed by atoms with Crippen molar-refractivity contribution in [1.82, 2.24) is 15.4 Å². The fourth-order valence-corrected chi connectivity index (χ4v) is 3.13. The number of carbonyl (C=O) groups is 1. The van der Waals surface area contributed by atoms with Crippen molar-refractivity contribution < 1.29 is 4.79 Å². The van der Waals surface area contributed by atoms with E-state index in [2.05, 4.69) is 15.4 Å². The second-order valence-electron chi connectivity index (χ2n) is 5.87. The van der Waals surface area contributed by atoms with Crippen molar-refractivity contribution in [2.24, 2.45) is 0 Å². The van der Waals surface area contributed by atoms with Gasteiger partial charge in [-0.05, 0) is 26.0 Å². The lowest BCUT2D eigenvalue weighted by Gasteiger charge is -2.31. The Kier molecular flexibility index (Phi) is 3.01. The first-order chi connectivity index (χ1) is 11.2. The van der Waals surface area contributed by atoms with E-state index in [1.54, 1.807) is 0 Å². The van der Waals surface area contributed by atoms with Crippen molar-refractivity contribution in [1.29, 1.82) is 0 Å². The number of aromatic amines is 1. The average molecular weight is 304 g/mol. The van der Waals surface area contributed by atoms with Gasteiger partial charge < -0.3 is 4.90 Å². The number of anilines is 1. The van der Waals surface area contributed by atoms with E-state index in [9.17, 15) is 4.79 Å². The zero-order valence-corrected chi connectivity index (χ0v) is 12.9. The fourth-order valence-electron chi connectivity index (χ4n) is 3.13. The molecule has 0 radical (unpaired) electrons. The molecule has 1 aliphatic heterocycles. The summed E-state index contributed by atoms with van der Waals surface area (Å²) in [6.45, 7) is 4.03. The van der Waals surface area contributed by atoms with Crippen LogP contribution in [0.5, 0.6) is 0 Å². The summed E-state index contributed by atoms with van der Waals surface area (Å²) in [7, 11) is 0. The van der Waals surface area contributed by atoms with E-state index in [1.165, 1.54) is 0 Å². The molecule has 0 spiro atoms. The van der Waals surface area contributed by atoms with Gasteiger partial charge in [0.05, 0.1) is 11.4 Å². The monoisotopic (exact) mass is 304 g/mol. The average Bonchev–Trinajstić information content (AvgIpc) is 3.03. The van der Waals surface area contributed by atoms with E-state index in [-0.39, 0.29) is 11.9 Å². The molecule has 1 N–H and O–H groups in total. The molecule has 0 aliphatic carbocycles. The second-order valence-corrected chi connectivity index (χ2v) is 5.87. The van der Waals surface area contributed by atoms with Crippen molar-refractivity contribution in [3.8, 4) is 22.5 Å². The van der Waals surface area contributed by atoms with Crippen molar-refractivity contribution in [2.75, 3.05) is 4.90 Å². The molecule has 5 heteroatoms. The van der Waals surface area contributed by atoms with E-state index in [0.29, 0.717) is 5.56 Å². The topological polar surface area (TPSA) is 61.9 Å². The number of aromatic nitrogens is 3. The van der Waals surface area contributed by atoms with Gasteiger partial charge >= 0.3 is 0 Å². The Morgan fingerprint density at radius 3 is 2.35 bits per heavy atom. The van der Waals surface area contributed by atoms with Crippen LogP contribution >= 0.6 is 0 Å². The van der Waals surface area contributed by atoms with Gasteiger partial charge in [-0.1, -0.05) is 41.6 Å². The molecular weight excluding hydrogens is 288 g/mol. The maximum Gasteiger partial charge on any atom is 0.259 e. The van der Waals surface area contributed by atoms with Gasteiger partial charge in [-0.15, -0.1) is 5.10 Å². The van der Waals surface area contributed by atoms with E-state index in [0.717, 1.165) is 28.2 Å². The first kappa shape index (κ1) is 13.7. The number of hydrogen-bond acceptors (Lipinski definition) is 3. The van der Waals surface area contributed by atoms with Crippen molar-refractivity contribution >= 4 is 11.6 Å². The highest BCUT2D eigenvalue weighted by molar-refractivity contribution is 6.14. The van der Waals surface area contributed by atoms with Gasteiger partial charge in [-0.25, -0.2) is 0 Å². The minimum Gasteiger partial charge on any atom is -0.305 e. The number of H-pyrrole nitrogens is 1. The molecule has 0 saturated heterocycles. The van der Waals surface area contributed by atoms with E-state index in [4.69, 9.17) is 0 Å². The maximum atomic E-state index is 13.2. The highest BCUT2D eigenvalue weighted by atomic mass is 16.2. The third-order valence-corrected chi connectivity index (χ3v) is 4.13. The number of para-hydroxylation sites is 1. The minimum absolute atomic E-state index is 0.0108. The van der Waals surface area contributed by atoms with Crippen LogP contribution in [0.4, 0.5) is 5.69 Å². The van der Waals surface area contributed by atoms with Crippen LogP contribution in [0.2, 0.25) is 0 Å². The summed E-state index contributed by atoms with van der Waals surface area (Å²) in [4.78, 5) is 15.0. The molecule has 114 valence electrons. The molecule has 3 aromatic rings. The van der Waals surface area contributed by atoms with Crippen LogP contribution in [-0.4, -0.2) is 27.4 Å². The molecule has 23 heavy (non-hydrogen) atoms. The lowest BCUT2D eigenvalue weighted by atomic mass is 9.95. The fraction of sp³-hybridized carbons (Fsp3) is 0.167. The highest BCUT2D eigenvalue weighted by Crippen LogP contribution is 2.40. The Morgan fingerprint density at radius 1 is 0.957 bits per heavy atom. The largest absolute Gasteiger partial charge is 0.305 e. The van der Waals surface area contributed by atoms with Crippen LogP contribution in [0.25, 0.3) is 22.5 Å². The number of rotatable bonds is 1. The third-order valence-electron chi connectivity index (χ3n) is 4.13. The Labute approximate surface area is 134 Å². The number of amides is 1. The molecule has 0 atom stereocenters. The molecule has 1 aliphatic rings. The van der Waals surface area contributed by atoms with Crippen LogP contribution < -0.4 is 4.90 Å². The van der Waals surface area contributed by atoms with Gasteiger partial charge in [0.1, 0.15) is 5.69 Å². The summed E-state index contributed by atoms with van der Waals surface area (Å²) in [5, 5.41) is 11.2. The van der Waals surface area contributed by atoms with Crippen molar-refractivity contribution in [2.45, 2.75) is 19.9 Å². The Hall–Kier alpha value is -2.95. The van der Waals surface area contributed by atoms with Crippen LogP contribution in [0.3, 0.4) is 0 Å². The summed E-state index contributed by atoms with van der Waals surface area (Å²) < 4.78 is 0. The van der Waals surface area contributed by atoms with Crippen LogP contribution in [0, 0.1) is 0 Å². The standard InChI is InChI=1S/C18H16N4O/c1-11(2)22-15-10-6-5-9-14(15)17-16(19-21-20-17)12-7-3-4-8-13(12)18(22)23/h3-11H,1-2H3,(H,19,20,21). The van der Waals surface area contributed by atoms with Crippen LogP contribution in [0.15, 0.2) is 48.5 Å². The number of nitrogens with one attached hydrogen (secondary N) is 1. The molecule has 0 fully saturated rings. The minimum atomic E-state index is -0.0108. The third kappa shape index (κ3) is 1.97. The van der Waals surface area contributed by atoms with Gasteiger partial charge in [0.25, 0.3) is 5.91 Å². The molecule has 0 unspecified atom stereocenters. The van der Waals surface area contributed by atoms with Gasteiger partial charge in [0.15, 0.2) is 0 Å². The lowest BCUT2D eigenvalue weighted by Crippen LogP contribution is -2.38. The highest BCUT2D eigenvalue weighted by Gasteiger charge is 2.30. The van der Waals surface area contributed by atoms with E-state index < -0.39 is 0 Å². The van der Waals surface area contributed by atoms with E-state index >= 15 is 0 Å². The number of benzene rings is 2. The van der Waals surface area contributed by atoms with Gasteiger partial charge in [0.2, 0.25) is 0 Å². The molecule has 1 aromatic heterocycles. The summed E-state index contributed by atoms with van der Waals surface area (Å²) in [6.07, 6.45) is 0. The van der Waals surface area contributed by atoms with Gasteiger partial charge in [-0.2, -0.15) is 0 Å².